The van der Waals surface area contributed by atoms with E-state index in [-0.39, 0.29) is 28.8 Å². The lowest BCUT2D eigenvalue weighted by Gasteiger charge is -2.22. The number of aromatic nitrogens is 3. The first-order chi connectivity index (χ1) is 17.2. The third-order valence-corrected chi connectivity index (χ3v) is 8.72. The van der Waals surface area contributed by atoms with Gasteiger partial charge in [-0.3, -0.25) is 0 Å². The molecule has 3 aliphatic rings. The minimum absolute atomic E-state index is 0.0701. The molecule has 2 saturated carbocycles. The fourth-order valence-electron chi connectivity index (χ4n) is 4.20. The van der Waals surface area contributed by atoms with Crippen LogP contribution in [0.25, 0.3) is 11.0 Å². The summed E-state index contributed by atoms with van der Waals surface area (Å²) >= 11 is 0. The summed E-state index contributed by atoms with van der Waals surface area (Å²) in [6.45, 7) is 0. The van der Waals surface area contributed by atoms with Crippen molar-refractivity contribution in [2.75, 3.05) is 17.7 Å². The van der Waals surface area contributed by atoms with Crippen molar-refractivity contribution in [2.45, 2.75) is 43.9 Å². The SMILES string of the molecule is COc1cc(P2(=O)C=CN(C3CC3)C=C2)ccc1Nc1nc(NC2CC2)c2c(C(F)(F)F)c[nH]c2n1. The van der Waals surface area contributed by atoms with Crippen LogP contribution in [0.15, 0.2) is 48.4 Å². The molecule has 3 N–H and O–H groups in total. The van der Waals surface area contributed by atoms with Gasteiger partial charge < -0.3 is 29.8 Å². The highest BCUT2D eigenvalue weighted by Gasteiger charge is 2.36. The third kappa shape index (κ3) is 4.32. The number of rotatable bonds is 7. The standard InChI is InChI=1S/C24H24F3N6O2P/c1-35-19-12-16(36(34)10-8-33(9-11-36)15-4-5-15)6-7-18(19)30-23-31-21-20(17(13-28-21)24(25,26)27)22(32-23)29-14-2-3-14/h6-15H,2-5H2,1H3,(H3,28,29,30,31,32). The smallest absolute Gasteiger partial charge is 0.418 e. The van der Waals surface area contributed by atoms with E-state index in [1.807, 2.05) is 12.4 Å². The van der Waals surface area contributed by atoms with Gasteiger partial charge in [-0.1, -0.05) is 0 Å². The number of fused-ring (bicyclic) bond motifs is 1. The summed E-state index contributed by atoms with van der Waals surface area (Å²) in [6, 6.07) is 5.73. The fourth-order valence-corrected chi connectivity index (χ4v) is 5.97. The second kappa shape index (κ2) is 8.30. The number of nitrogens with one attached hydrogen (secondary N) is 3. The Balaban J connectivity index is 1.32. The number of halogens is 3. The Morgan fingerprint density at radius 2 is 1.89 bits per heavy atom. The van der Waals surface area contributed by atoms with Crippen LogP contribution in [0.1, 0.15) is 31.2 Å². The van der Waals surface area contributed by atoms with E-state index >= 15 is 0 Å². The predicted octanol–water partition coefficient (Wildman–Crippen LogP) is 5.71. The zero-order chi connectivity index (χ0) is 25.1. The van der Waals surface area contributed by atoms with E-state index in [1.165, 1.54) is 7.11 Å². The molecule has 0 amide bonds. The summed E-state index contributed by atoms with van der Waals surface area (Å²) in [5, 5.41) is 6.66. The normalized spacial score (nSPS) is 19.1. The number of ether oxygens (including phenoxy) is 1. The second-order valence-corrected chi connectivity index (χ2v) is 11.8. The van der Waals surface area contributed by atoms with Crippen LogP contribution in [0.5, 0.6) is 5.75 Å². The van der Waals surface area contributed by atoms with Crippen LogP contribution in [0.2, 0.25) is 0 Å². The van der Waals surface area contributed by atoms with Gasteiger partial charge >= 0.3 is 6.18 Å². The Kier molecular flexibility index (Phi) is 5.29. The van der Waals surface area contributed by atoms with Crippen LogP contribution < -0.4 is 20.7 Å². The molecular weight excluding hydrogens is 492 g/mol. The van der Waals surface area contributed by atoms with Crippen molar-refractivity contribution >= 4 is 40.9 Å². The Labute approximate surface area is 205 Å². The maximum absolute atomic E-state index is 13.5. The molecule has 2 fully saturated rings. The molecule has 3 heterocycles. The van der Waals surface area contributed by atoms with Gasteiger partial charge in [0.05, 0.1) is 23.7 Å². The van der Waals surface area contributed by atoms with Gasteiger partial charge in [-0.2, -0.15) is 23.1 Å². The highest BCUT2D eigenvalue weighted by Crippen LogP contribution is 2.51. The minimum Gasteiger partial charge on any atom is -0.495 e. The van der Waals surface area contributed by atoms with Crippen LogP contribution in [-0.4, -0.2) is 39.0 Å². The number of hydrogen-bond acceptors (Lipinski definition) is 7. The van der Waals surface area contributed by atoms with Gasteiger partial charge in [0, 0.05) is 36.0 Å². The van der Waals surface area contributed by atoms with Crippen LogP contribution in [-0.2, 0) is 10.7 Å². The summed E-state index contributed by atoms with van der Waals surface area (Å²) in [7, 11) is -1.39. The monoisotopic (exact) mass is 516 g/mol. The van der Waals surface area contributed by atoms with Crippen molar-refractivity contribution in [3.05, 3.63) is 54.0 Å². The Hall–Kier alpha value is -3.46. The van der Waals surface area contributed by atoms with E-state index in [2.05, 4.69) is 30.5 Å². The van der Waals surface area contributed by atoms with Gasteiger partial charge in [0.1, 0.15) is 17.2 Å². The molecule has 1 aliphatic heterocycles. The topological polar surface area (TPSA) is 95.2 Å². The van der Waals surface area contributed by atoms with E-state index in [0.29, 0.717) is 22.8 Å². The average molecular weight is 516 g/mol. The zero-order valence-electron chi connectivity index (χ0n) is 19.3. The number of hydrogen-bond donors (Lipinski definition) is 3. The maximum Gasteiger partial charge on any atom is 0.418 e. The molecule has 0 saturated heterocycles. The van der Waals surface area contributed by atoms with Gasteiger partial charge in [-0.25, -0.2) is 0 Å². The van der Waals surface area contributed by atoms with Gasteiger partial charge in [0.2, 0.25) is 5.95 Å². The summed E-state index contributed by atoms with van der Waals surface area (Å²) in [4.78, 5) is 13.3. The van der Waals surface area contributed by atoms with E-state index in [0.717, 1.165) is 31.9 Å². The van der Waals surface area contributed by atoms with Crippen molar-refractivity contribution in [1.29, 1.82) is 0 Å². The summed E-state index contributed by atoms with van der Waals surface area (Å²) in [5.41, 5.74) is -0.245. The molecule has 0 spiro atoms. The lowest BCUT2D eigenvalue weighted by atomic mass is 10.2. The molecule has 0 atom stereocenters. The Morgan fingerprint density at radius 1 is 1.14 bits per heavy atom. The summed E-state index contributed by atoms with van der Waals surface area (Å²) < 4.78 is 59.7. The fraction of sp³-hybridized carbons (Fsp3) is 0.333. The molecule has 2 aliphatic carbocycles. The second-order valence-electron chi connectivity index (χ2n) is 9.23. The molecule has 188 valence electrons. The largest absolute Gasteiger partial charge is 0.495 e. The van der Waals surface area contributed by atoms with Crippen molar-refractivity contribution in [2.24, 2.45) is 0 Å². The quantitative estimate of drug-likeness (QED) is 0.346. The number of alkyl halides is 3. The molecule has 3 aromatic rings. The van der Waals surface area contributed by atoms with Gasteiger partial charge in [0.25, 0.3) is 0 Å². The number of aromatic amines is 1. The van der Waals surface area contributed by atoms with E-state index in [9.17, 15) is 17.7 Å². The Morgan fingerprint density at radius 3 is 2.53 bits per heavy atom. The van der Waals surface area contributed by atoms with Crippen molar-refractivity contribution in [3.63, 3.8) is 0 Å². The van der Waals surface area contributed by atoms with Crippen molar-refractivity contribution < 1.29 is 22.5 Å². The molecule has 0 bridgehead atoms. The van der Waals surface area contributed by atoms with Crippen LogP contribution in [0.4, 0.5) is 30.6 Å². The van der Waals surface area contributed by atoms with Crippen LogP contribution in [0.3, 0.4) is 0 Å². The average Bonchev–Trinajstić information content (AvgIpc) is 3.78. The summed E-state index contributed by atoms with van der Waals surface area (Å²) in [5.74, 6) is 4.12. The first kappa shape index (κ1) is 23.0. The van der Waals surface area contributed by atoms with Crippen LogP contribution >= 0.6 is 7.14 Å². The van der Waals surface area contributed by atoms with Gasteiger partial charge in [0.15, 0.2) is 7.14 Å². The van der Waals surface area contributed by atoms with Crippen molar-refractivity contribution in [3.8, 4) is 5.75 Å². The highest BCUT2D eigenvalue weighted by atomic mass is 31.2. The first-order valence-electron chi connectivity index (χ1n) is 11.7. The molecule has 12 heteroatoms. The number of anilines is 3. The Bertz CT molecular complexity index is 1420. The molecule has 6 rings (SSSR count). The number of benzene rings is 1. The van der Waals surface area contributed by atoms with E-state index in [4.69, 9.17) is 4.74 Å². The highest BCUT2D eigenvalue weighted by molar-refractivity contribution is 7.77. The molecule has 2 aromatic heterocycles. The lowest BCUT2D eigenvalue weighted by molar-refractivity contribution is -0.136. The first-order valence-corrected chi connectivity index (χ1v) is 13.5. The molecule has 0 radical (unpaired) electrons. The number of H-pyrrole nitrogens is 1. The molecular formula is C24H24F3N6O2P. The van der Waals surface area contributed by atoms with Gasteiger partial charge in [-0.15, -0.1) is 0 Å². The number of methoxy groups -OCH3 is 1. The van der Waals surface area contributed by atoms with Crippen LogP contribution in [0, 0.1) is 0 Å². The molecule has 36 heavy (non-hydrogen) atoms. The zero-order valence-corrected chi connectivity index (χ0v) is 20.2. The van der Waals surface area contributed by atoms with E-state index < -0.39 is 18.9 Å². The number of nitrogens with zero attached hydrogens (tertiary/aromatic N) is 3. The van der Waals surface area contributed by atoms with E-state index in [1.54, 1.807) is 29.8 Å². The van der Waals surface area contributed by atoms with Crippen molar-refractivity contribution in [1.82, 2.24) is 19.9 Å². The minimum atomic E-state index is -4.54. The molecule has 8 nitrogen and oxygen atoms in total. The lowest BCUT2D eigenvalue weighted by Crippen LogP contribution is -2.15. The molecule has 0 unspecified atom stereocenters. The molecule has 1 aromatic carbocycles. The third-order valence-electron chi connectivity index (χ3n) is 6.48. The maximum atomic E-state index is 13.5. The predicted molar refractivity (Wildman–Crippen MR) is 132 cm³/mol. The van der Waals surface area contributed by atoms with Gasteiger partial charge in [-0.05, 0) is 55.5 Å². The summed E-state index contributed by atoms with van der Waals surface area (Å²) in [6.07, 6.45) is 4.14.